The molecule has 1 nitrogen and oxygen atoms in total. The van der Waals surface area contributed by atoms with Crippen molar-refractivity contribution in [3.63, 3.8) is 0 Å². The lowest BCUT2D eigenvalue weighted by molar-refractivity contribution is 0.178. The Morgan fingerprint density at radius 2 is 1.95 bits per heavy atom. The molecule has 0 saturated carbocycles. The molecule has 2 aromatic rings. The molecule has 0 aliphatic carbocycles. The van der Waals surface area contributed by atoms with Gasteiger partial charge < -0.3 is 5.11 Å². The van der Waals surface area contributed by atoms with Crippen LogP contribution in [0.3, 0.4) is 0 Å². The van der Waals surface area contributed by atoms with Gasteiger partial charge in [0.25, 0.3) is 0 Å². The van der Waals surface area contributed by atoms with Crippen molar-refractivity contribution in [3.8, 4) is 0 Å². The average Bonchev–Trinajstić information content (AvgIpc) is 2.37. The topological polar surface area (TPSA) is 20.2 Å². The number of halogens is 4. The molecule has 0 amide bonds. The highest BCUT2D eigenvalue weighted by atomic mass is 79.9. The summed E-state index contributed by atoms with van der Waals surface area (Å²) in [4.78, 5) is 0. The van der Waals surface area contributed by atoms with Gasteiger partial charge in [0.05, 0.1) is 11.1 Å². The van der Waals surface area contributed by atoms with Gasteiger partial charge in [0.15, 0.2) is 0 Å². The molecule has 2 aromatic carbocycles. The van der Waals surface area contributed by atoms with Crippen LogP contribution in [0, 0.1) is 11.6 Å². The molecule has 100 valence electrons. The number of aliphatic hydroxyl groups excluding tert-OH is 1. The predicted octanol–water partition coefficient (Wildman–Crippen LogP) is 4.66. The summed E-state index contributed by atoms with van der Waals surface area (Å²) in [6, 6.07) is 8.43. The fraction of sp³-hybridized carbons (Fsp3) is 0.143. The molecule has 1 N–H and O–H groups in total. The first kappa shape index (κ1) is 14.4. The maximum absolute atomic E-state index is 13.3. The van der Waals surface area contributed by atoms with E-state index in [0.29, 0.717) is 10.0 Å². The van der Waals surface area contributed by atoms with Gasteiger partial charge in [0.1, 0.15) is 11.6 Å². The molecular weight excluding hydrogens is 338 g/mol. The van der Waals surface area contributed by atoms with E-state index >= 15 is 0 Å². The lowest BCUT2D eigenvalue weighted by Gasteiger charge is -2.14. The maximum Gasteiger partial charge on any atom is 0.142 e. The first-order chi connectivity index (χ1) is 8.99. The predicted molar refractivity (Wildman–Crippen MR) is 74.2 cm³/mol. The van der Waals surface area contributed by atoms with Gasteiger partial charge in [0.2, 0.25) is 0 Å². The van der Waals surface area contributed by atoms with Crippen LogP contribution in [-0.4, -0.2) is 5.11 Å². The summed E-state index contributed by atoms with van der Waals surface area (Å²) in [5.74, 6) is -0.979. The lowest BCUT2D eigenvalue weighted by atomic mass is 10.0. The van der Waals surface area contributed by atoms with Gasteiger partial charge in [-0.15, -0.1) is 0 Å². The van der Waals surface area contributed by atoms with Crippen molar-refractivity contribution in [3.05, 3.63) is 68.7 Å². The van der Waals surface area contributed by atoms with Gasteiger partial charge in [-0.25, -0.2) is 8.78 Å². The molecule has 1 atom stereocenters. The summed E-state index contributed by atoms with van der Waals surface area (Å²) in [5, 5.41) is 9.99. The molecule has 0 fully saturated rings. The molecule has 0 radical (unpaired) electrons. The number of aliphatic hydroxyl groups is 1. The number of rotatable bonds is 3. The highest BCUT2D eigenvalue weighted by molar-refractivity contribution is 9.10. The molecule has 19 heavy (non-hydrogen) atoms. The van der Waals surface area contributed by atoms with Gasteiger partial charge in [-0.1, -0.05) is 39.7 Å². The lowest BCUT2D eigenvalue weighted by Crippen LogP contribution is -2.04. The zero-order chi connectivity index (χ0) is 14.0. The minimum absolute atomic E-state index is 0.109. The van der Waals surface area contributed by atoms with E-state index in [9.17, 15) is 13.9 Å². The fourth-order valence-electron chi connectivity index (χ4n) is 1.80. The normalized spacial score (nSPS) is 12.5. The summed E-state index contributed by atoms with van der Waals surface area (Å²) >= 11 is 9.08. The SMILES string of the molecule is OC(Cc1cc(F)ccc1Br)c1cccc(F)c1Cl. The second kappa shape index (κ2) is 5.99. The Balaban J connectivity index is 2.28. The molecule has 5 heteroatoms. The summed E-state index contributed by atoms with van der Waals surface area (Å²) in [6.07, 6.45) is -0.858. The Bertz CT molecular complexity index is 604. The van der Waals surface area contributed by atoms with Gasteiger partial charge in [-0.05, 0) is 29.8 Å². The van der Waals surface area contributed by atoms with Crippen molar-refractivity contribution in [1.29, 1.82) is 0 Å². The van der Waals surface area contributed by atoms with Crippen molar-refractivity contribution in [2.45, 2.75) is 12.5 Å². The van der Waals surface area contributed by atoms with Crippen LogP contribution in [0.25, 0.3) is 0 Å². The first-order valence-electron chi connectivity index (χ1n) is 5.55. The number of hydrogen-bond donors (Lipinski definition) is 1. The Kier molecular flexibility index (Phi) is 4.55. The van der Waals surface area contributed by atoms with Crippen molar-refractivity contribution in [2.75, 3.05) is 0 Å². The quantitative estimate of drug-likeness (QED) is 0.856. The van der Waals surface area contributed by atoms with Gasteiger partial charge >= 0.3 is 0 Å². The van der Waals surface area contributed by atoms with Crippen LogP contribution in [0.5, 0.6) is 0 Å². The summed E-state index contributed by atoms with van der Waals surface area (Å²) < 4.78 is 27.1. The Hall–Kier alpha value is -0.970. The maximum atomic E-state index is 13.3. The molecule has 0 bridgehead atoms. The third-order valence-corrected chi connectivity index (χ3v) is 3.93. The summed E-state index contributed by atoms with van der Waals surface area (Å²) in [6.45, 7) is 0. The second-order valence-corrected chi connectivity index (χ2v) is 5.33. The minimum atomic E-state index is -0.999. The van der Waals surface area contributed by atoms with E-state index in [-0.39, 0.29) is 17.0 Å². The van der Waals surface area contributed by atoms with E-state index in [1.807, 2.05) is 0 Å². The smallest absolute Gasteiger partial charge is 0.142 e. The minimum Gasteiger partial charge on any atom is -0.388 e. The highest BCUT2D eigenvalue weighted by Gasteiger charge is 2.16. The molecule has 0 aliphatic heterocycles. The molecule has 0 saturated heterocycles. The third kappa shape index (κ3) is 3.32. The molecule has 2 rings (SSSR count). The molecular formula is C14H10BrClF2O. The van der Waals surface area contributed by atoms with Crippen molar-refractivity contribution >= 4 is 27.5 Å². The monoisotopic (exact) mass is 346 g/mol. The molecule has 1 unspecified atom stereocenters. The van der Waals surface area contributed by atoms with E-state index < -0.39 is 17.7 Å². The van der Waals surface area contributed by atoms with Gasteiger partial charge in [0, 0.05) is 16.5 Å². The molecule has 0 spiro atoms. The number of benzene rings is 2. The van der Waals surface area contributed by atoms with Crippen molar-refractivity contribution in [1.82, 2.24) is 0 Å². The third-order valence-electron chi connectivity index (χ3n) is 2.76. The van der Waals surface area contributed by atoms with Crippen molar-refractivity contribution in [2.24, 2.45) is 0 Å². The Labute approximate surface area is 123 Å². The molecule has 0 aromatic heterocycles. The van der Waals surface area contributed by atoms with Crippen LogP contribution in [-0.2, 0) is 6.42 Å². The average molecular weight is 348 g/mol. The standard InChI is InChI=1S/C14H10BrClF2O/c15-11-5-4-9(17)6-8(11)7-13(19)10-2-1-3-12(18)14(10)16/h1-6,13,19H,7H2. The van der Waals surface area contributed by atoms with Crippen LogP contribution in [0.1, 0.15) is 17.2 Å². The van der Waals surface area contributed by atoms with Crippen molar-refractivity contribution < 1.29 is 13.9 Å². The van der Waals surface area contributed by atoms with Crippen LogP contribution in [0.2, 0.25) is 5.02 Å². The van der Waals surface area contributed by atoms with Gasteiger partial charge in [-0.3, -0.25) is 0 Å². The van der Waals surface area contributed by atoms with E-state index in [0.717, 1.165) is 0 Å². The Morgan fingerprint density at radius 3 is 2.68 bits per heavy atom. The van der Waals surface area contributed by atoms with Crippen LogP contribution < -0.4 is 0 Å². The fourth-order valence-corrected chi connectivity index (χ4v) is 2.46. The summed E-state index contributed by atoms with van der Waals surface area (Å²) in [7, 11) is 0. The van der Waals surface area contributed by atoms with E-state index in [2.05, 4.69) is 15.9 Å². The first-order valence-corrected chi connectivity index (χ1v) is 6.72. The van der Waals surface area contributed by atoms with E-state index in [1.54, 1.807) is 12.1 Å². The van der Waals surface area contributed by atoms with Gasteiger partial charge in [-0.2, -0.15) is 0 Å². The van der Waals surface area contributed by atoms with Crippen LogP contribution in [0.4, 0.5) is 8.78 Å². The number of hydrogen-bond acceptors (Lipinski definition) is 1. The largest absolute Gasteiger partial charge is 0.388 e. The summed E-state index contributed by atoms with van der Waals surface area (Å²) in [5.41, 5.74) is 0.880. The highest BCUT2D eigenvalue weighted by Crippen LogP contribution is 2.30. The van der Waals surface area contributed by atoms with E-state index in [1.165, 1.54) is 24.3 Å². The van der Waals surface area contributed by atoms with Crippen LogP contribution in [0.15, 0.2) is 40.9 Å². The zero-order valence-electron chi connectivity index (χ0n) is 9.71. The zero-order valence-corrected chi connectivity index (χ0v) is 12.0. The second-order valence-electron chi connectivity index (χ2n) is 4.10. The Morgan fingerprint density at radius 1 is 1.21 bits per heavy atom. The molecule has 0 aliphatic rings. The molecule has 0 heterocycles. The van der Waals surface area contributed by atoms with E-state index in [4.69, 9.17) is 11.6 Å². The van der Waals surface area contributed by atoms with Crippen LogP contribution >= 0.6 is 27.5 Å².